The SMILES string of the molecule is CC(C)(COP(=O)(O)OP(=O)(O)OC[C@H]1O[C@@H](n2cnc3c(N)ncnc32)[C@H](O)[C@@H]1OP(=O)(O)O)[C@@H](O)C(=O)NCCC(=O)NCCSC(=O)C=CCCCC(N)C(=O)O. The van der Waals surface area contributed by atoms with E-state index < -0.39 is 96.6 Å². The van der Waals surface area contributed by atoms with Gasteiger partial charge in [0.1, 0.15) is 42.3 Å². The molecule has 31 heteroatoms. The fraction of sp³-hybridized carbons (Fsp3) is 0.621. The van der Waals surface area contributed by atoms with Crippen molar-refractivity contribution in [2.24, 2.45) is 11.1 Å². The van der Waals surface area contributed by atoms with Gasteiger partial charge in [0.25, 0.3) is 0 Å². The number of aliphatic hydroxyl groups excluding tert-OH is 2. The molecule has 1 saturated heterocycles. The number of allylic oxidation sites excluding steroid dienone is 1. The van der Waals surface area contributed by atoms with Crippen LogP contribution in [0.25, 0.3) is 11.2 Å². The number of anilines is 1. The molecule has 0 bridgehead atoms. The quantitative estimate of drug-likeness (QED) is 0.0316. The van der Waals surface area contributed by atoms with Crippen molar-refractivity contribution in [3.05, 3.63) is 24.8 Å². The Morgan fingerprint density at radius 2 is 1.75 bits per heavy atom. The van der Waals surface area contributed by atoms with Crippen LogP contribution >= 0.6 is 35.2 Å². The molecule has 1 aliphatic heterocycles. The number of nitrogen functional groups attached to an aromatic ring is 1. The average molecular weight is 937 g/mol. The van der Waals surface area contributed by atoms with Crippen LogP contribution in [0.3, 0.4) is 0 Å². The molecule has 2 aromatic rings. The van der Waals surface area contributed by atoms with Crippen LogP contribution in [0.4, 0.5) is 5.82 Å². The van der Waals surface area contributed by atoms with Gasteiger partial charge < -0.3 is 61.7 Å². The molecule has 0 spiro atoms. The number of nitrogens with one attached hydrogen (secondary N) is 2. The predicted octanol–water partition coefficient (Wildman–Crippen LogP) is -1.20. The fourth-order valence-corrected chi connectivity index (χ4v) is 8.52. The standard InChI is InChI=1S/C29H47N8O19P3S/c1-29(2,23(41)26(42)33-9-8-18(38)32-10-11-60-19(39)7-5-3-4-6-16(30)28(43)44)13-53-59(50,51)56-58(48,49)52-12-17-22(55-57(45,46)47)21(40)27(54-17)37-15-36-20-24(31)34-14-35-25(20)37/h5,7,14-17,21-23,27,40-41H,3-4,6,8-13,30H2,1-2H3,(H,32,38)(H,33,42)(H,43,44)(H,48,49)(H,50,51)(H2,31,34,35)(H2,45,46,47)/t16?,17-,21-,22-,23+,27-/m1/s1. The van der Waals surface area contributed by atoms with Crippen molar-refractivity contribution >= 4 is 75.1 Å². The number of hydrogen-bond donors (Lipinski definition) is 11. The van der Waals surface area contributed by atoms with Crippen LogP contribution in [0.2, 0.25) is 0 Å². The minimum atomic E-state index is -5.59. The molecular weight excluding hydrogens is 889 g/mol. The summed E-state index contributed by atoms with van der Waals surface area (Å²) in [6.45, 7) is 0.275. The van der Waals surface area contributed by atoms with Crippen molar-refractivity contribution in [3.8, 4) is 0 Å². The van der Waals surface area contributed by atoms with Gasteiger partial charge in [0, 0.05) is 30.7 Å². The maximum absolute atomic E-state index is 12.7. The largest absolute Gasteiger partial charge is 0.481 e. The maximum atomic E-state index is 12.7. The molecule has 3 heterocycles. The summed E-state index contributed by atoms with van der Waals surface area (Å²) in [5.74, 6) is -2.42. The summed E-state index contributed by atoms with van der Waals surface area (Å²) >= 11 is 0.934. The summed E-state index contributed by atoms with van der Waals surface area (Å²) in [5.41, 5.74) is 9.61. The number of thioether (sulfide) groups is 1. The molecule has 2 amide bonds. The highest BCUT2D eigenvalue weighted by atomic mass is 32.2. The third kappa shape index (κ3) is 16.2. The topological polar surface area (TPSA) is 427 Å². The average Bonchev–Trinajstić information content (AvgIpc) is 3.71. The highest BCUT2D eigenvalue weighted by Crippen LogP contribution is 2.61. The Balaban J connectivity index is 1.43. The number of aromatic nitrogens is 4. The van der Waals surface area contributed by atoms with E-state index in [0.29, 0.717) is 12.8 Å². The van der Waals surface area contributed by atoms with Gasteiger partial charge in [-0.2, -0.15) is 4.31 Å². The van der Waals surface area contributed by atoms with Gasteiger partial charge in [0.15, 0.2) is 17.7 Å². The number of nitrogens with two attached hydrogens (primary N) is 2. The number of carboxylic acid groups (broad SMARTS) is 1. The van der Waals surface area contributed by atoms with E-state index in [1.54, 1.807) is 6.08 Å². The van der Waals surface area contributed by atoms with E-state index in [1.807, 2.05) is 0 Å². The summed E-state index contributed by atoms with van der Waals surface area (Å²) in [6, 6.07) is -0.968. The molecule has 338 valence electrons. The highest BCUT2D eigenvalue weighted by molar-refractivity contribution is 8.14. The zero-order chi connectivity index (χ0) is 45.1. The zero-order valence-electron chi connectivity index (χ0n) is 31.9. The summed E-state index contributed by atoms with van der Waals surface area (Å²) in [4.78, 5) is 98.3. The number of aliphatic hydroxyl groups is 2. The summed E-state index contributed by atoms with van der Waals surface area (Å²) in [5, 5.41) is 34.8. The molecule has 8 atom stereocenters. The number of phosphoric ester groups is 3. The van der Waals surface area contributed by atoms with Crippen LogP contribution in [-0.4, -0.2) is 140 Å². The molecule has 3 unspecified atom stereocenters. The maximum Gasteiger partial charge on any atom is 0.481 e. The Morgan fingerprint density at radius 1 is 1.07 bits per heavy atom. The van der Waals surface area contributed by atoms with Crippen LogP contribution in [0.1, 0.15) is 45.8 Å². The van der Waals surface area contributed by atoms with Gasteiger partial charge in [-0.25, -0.2) is 28.6 Å². The first-order chi connectivity index (χ1) is 27.8. The predicted molar refractivity (Wildman–Crippen MR) is 206 cm³/mol. The molecule has 13 N–H and O–H groups in total. The van der Waals surface area contributed by atoms with Crippen molar-refractivity contribution in [1.29, 1.82) is 0 Å². The molecule has 60 heavy (non-hydrogen) atoms. The number of aliphatic carboxylic acids is 1. The third-order valence-electron chi connectivity index (χ3n) is 8.20. The van der Waals surface area contributed by atoms with E-state index in [9.17, 15) is 62.7 Å². The number of phosphoric acid groups is 3. The molecule has 2 aromatic heterocycles. The molecule has 1 aliphatic rings. The van der Waals surface area contributed by atoms with Crippen LogP contribution in [0.5, 0.6) is 0 Å². The van der Waals surface area contributed by atoms with Crippen LogP contribution < -0.4 is 22.1 Å². The van der Waals surface area contributed by atoms with Gasteiger partial charge in [-0.3, -0.25) is 37.3 Å². The minimum Gasteiger partial charge on any atom is -0.480 e. The molecule has 0 radical (unpaired) electrons. The monoisotopic (exact) mass is 936 g/mol. The lowest BCUT2D eigenvalue weighted by atomic mass is 9.87. The number of hydrogen-bond acceptors (Lipinski definition) is 20. The second-order valence-electron chi connectivity index (χ2n) is 13.5. The highest BCUT2D eigenvalue weighted by Gasteiger charge is 2.50. The summed E-state index contributed by atoms with van der Waals surface area (Å²) in [6.07, 6.45) is -2.93. The molecule has 0 aromatic carbocycles. The van der Waals surface area contributed by atoms with E-state index in [-0.39, 0.29) is 53.8 Å². The Morgan fingerprint density at radius 3 is 2.42 bits per heavy atom. The van der Waals surface area contributed by atoms with E-state index in [4.69, 9.17) is 30.4 Å². The number of ether oxygens (including phenoxy) is 1. The second kappa shape index (κ2) is 22.2. The van der Waals surface area contributed by atoms with Gasteiger partial charge in [-0.1, -0.05) is 31.7 Å². The number of unbranched alkanes of at least 4 members (excludes halogenated alkanes) is 1. The Kier molecular flexibility index (Phi) is 18.9. The second-order valence-corrected chi connectivity index (χ2v) is 18.8. The van der Waals surface area contributed by atoms with Crippen LogP contribution in [0.15, 0.2) is 24.8 Å². The first-order valence-electron chi connectivity index (χ1n) is 17.5. The molecule has 0 aliphatic carbocycles. The van der Waals surface area contributed by atoms with Crippen molar-refractivity contribution in [3.63, 3.8) is 0 Å². The first-order valence-corrected chi connectivity index (χ1v) is 23.0. The molecule has 1 fully saturated rings. The normalized spacial score (nSPS) is 21.6. The number of rotatable bonds is 25. The number of carbonyl (C=O) groups excluding carboxylic acids is 3. The lowest BCUT2D eigenvalue weighted by molar-refractivity contribution is -0.139. The van der Waals surface area contributed by atoms with Crippen LogP contribution in [0, 0.1) is 5.41 Å². The van der Waals surface area contributed by atoms with Crippen molar-refractivity contribution < 1.29 is 90.4 Å². The summed E-state index contributed by atoms with van der Waals surface area (Å²) in [7, 11) is -16.5. The van der Waals surface area contributed by atoms with E-state index >= 15 is 0 Å². The van der Waals surface area contributed by atoms with Crippen LogP contribution in [-0.2, 0) is 55.5 Å². The number of amides is 2. The van der Waals surface area contributed by atoms with Crippen molar-refractivity contribution in [2.45, 2.75) is 76.2 Å². The fourth-order valence-electron chi connectivity index (χ4n) is 5.09. The smallest absolute Gasteiger partial charge is 0.480 e. The molecule has 0 saturated carbocycles. The molecule has 3 rings (SSSR count). The van der Waals surface area contributed by atoms with E-state index in [1.165, 1.54) is 19.9 Å². The van der Waals surface area contributed by atoms with Gasteiger partial charge in [0.05, 0.1) is 19.5 Å². The van der Waals surface area contributed by atoms with E-state index in [0.717, 1.165) is 29.0 Å². The molecular formula is C29H47N8O19P3S. The number of fused-ring (bicyclic) bond motifs is 1. The number of carbonyl (C=O) groups is 4. The van der Waals surface area contributed by atoms with Gasteiger partial charge in [-0.15, -0.1) is 0 Å². The van der Waals surface area contributed by atoms with Gasteiger partial charge in [0.2, 0.25) is 16.9 Å². The lowest BCUT2D eigenvalue weighted by Gasteiger charge is -2.30. The Hall–Kier alpha value is -3.27. The Bertz CT molecular complexity index is 2000. The lowest BCUT2D eigenvalue weighted by Crippen LogP contribution is -2.46. The Labute approximate surface area is 345 Å². The third-order valence-corrected chi connectivity index (χ3v) is 12.1. The van der Waals surface area contributed by atoms with E-state index in [2.05, 4.69) is 34.4 Å². The summed E-state index contributed by atoms with van der Waals surface area (Å²) < 4.78 is 62.1. The van der Waals surface area contributed by atoms with Gasteiger partial charge >= 0.3 is 29.4 Å². The minimum absolute atomic E-state index is 0.0196. The van der Waals surface area contributed by atoms with Gasteiger partial charge in [-0.05, 0) is 25.3 Å². The first kappa shape index (κ1) is 51.1. The molecule has 27 nitrogen and oxygen atoms in total. The number of imidazole rings is 1. The number of carboxylic acids is 1. The van der Waals surface area contributed by atoms with Crippen molar-refractivity contribution in [2.75, 3.05) is 37.8 Å². The van der Waals surface area contributed by atoms with Crippen molar-refractivity contribution in [1.82, 2.24) is 30.2 Å². The number of nitrogens with zero attached hydrogens (tertiary/aromatic N) is 4. The zero-order valence-corrected chi connectivity index (χ0v) is 35.4.